The molecule has 2 aromatic carbocycles. The summed E-state index contributed by atoms with van der Waals surface area (Å²) in [6.45, 7) is -0.782. The van der Waals surface area contributed by atoms with Crippen molar-refractivity contribution in [2.75, 3.05) is 19.9 Å². The van der Waals surface area contributed by atoms with Crippen molar-refractivity contribution >= 4 is 17.7 Å². The molecule has 0 unspecified atom stereocenters. The Morgan fingerprint density at radius 3 is 2.57 bits per heavy atom. The molecule has 28 heavy (non-hydrogen) atoms. The van der Waals surface area contributed by atoms with Crippen LogP contribution in [0.4, 0.5) is 4.39 Å². The number of amides is 3. The average molecular weight is 389 g/mol. The fourth-order valence-corrected chi connectivity index (χ4v) is 2.23. The number of hydrazine groups is 1. The SMILES string of the molecule is O=C(CNC(=O)c1ccc2c(c1)OCO2)NNC(=O)COc1ccccc1F. The zero-order valence-electron chi connectivity index (χ0n) is 14.5. The summed E-state index contributed by atoms with van der Waals surface area (Å²) >= 11 is 0. The Hall–Kier alpha value is -3.82. The van der Waals surface area contributed by atoms with E-state index in [-0.39, 0.29) is 19.1 Å². The zero-order chi connectivity index (χ0) is 19.9. The summed E-state index contributed by atoms with van der Waals surface area (Å²) in [5.41, 5.74) is 4.50. The van der Waals surface area contributed by atoms with Gasteiger partial charge in [0.05, 0.1) is 6.54 Å². The molecule has 0 aliphatic carbocycles. The van der Waals surface area contributed by atoms with E-state index in [9.17, 15) is 18.8 Å². The van der Waals surface area contributed by atoms with Gasteiger partial charge in [-0.2, -0.15) is 0 Å². The Morgan fingerprint density at radius 1 is 1.00 bits per heavy atom. The fourth-order valence-electron chi connectivity index (χ4n) is 2.23. The molecule has 0 atom stereocenters. The third-order valence-corrected chi connectivity index (χ3v) is 3.58. The van der Waals surface area contributed by atoms with Crippen LogP contribution in [0.25, 0.3) is 0 Å². The standard InChI is InChI=1S/C18H16FN3O6/c19-12-3-1-2-4-13(12)26-9-17(24)22-21-16(23)8-20-18(25)11-5-6-14-15(7-11)28-10-27-14/h1-7H,8-10H2,(H,20,25)(H,21,23)(H,22,24). The van der Waals surface area contributed by atoms with Gasteiger partial charge in [0.1, 0.15) is 0 Å². The highest BCUT2D eigenvalue weighted by atomic mass is 19.1. The molecule has 0 saturated carbocycles. The van der Waals surface area contributed by atoms with Crippen LogP contribution in [0.2, 0.25) is 0 Å². The summed E-state index contributed by atoms with van der Waals surface area (Å²) in [6, 6.07) is 10.2. The van der Waals surface area contributed by atoms with Gasteiger partial charge < -0.3 is 19.5 Å². The molecule has 0 bridgehead atoms. The molecule has 10 heteroatoms. The largest absolute Gasteiger partial charge is 0.481 e. The van der Waals surface area contributed by atoms with Crippen molar-refractivity contribution in [3.8, 4) is 17.2 Å². The van der Waals surface area contributed by atoms with Gasteiger partial charge in [-0.25, -0.2) is 4.39 Å². The van der Waals surface area contributed by atoms with E-state index in [0.717, 1.165) is 0 Å². The first-order valence-corrected chi connectivity index (χ1v) is 8.16. The van der Waals surface area contributed by atoms with E-state index in [1.165, 1.54) is 30.3 Å². The lowest BCUT2D eigenvalue weighted by atomic mass is 10.2. The molecule has 0 spiro atoms. The molecule has 1 aliphatic rings. The van der Waals surface area contributed by atoms with Gasteiger partial charge in [-0.15, -0.1) is 0 Å². The van der Waals surface area contributed by atoms with E-state index < -0.39 is 30.1 Å². The predicted molar refractivity (Wildman–Crippen MR) is 93.1 cm³/mol. The summed E-state index contributed by atoms with van der Waals surface area (Å²) in [4.78, 5) is 35.4. The minimum atomic E-state index is -0.696. The van der Waals surface area contributed by atoms with Gasteiger partial charge in [-0.1, -0.05) is 12.1 Å². The molecule has 2 aromatic rings. The number of benzene rings is 2. The van der Waals surface area contributed by atoms with Gasteiger partial charge in [-0.05, 0) is 30.3 Å². The lowest BCUT2D eigenvalue weighted by Crippen LogP contribution is -2.47. The highest BCUT2D eigenvalue weighted by Gasteiger charge is 2.16. The van der Waals surface area contributed by atoms with Crippen LogP contribution in [0.3, 0.4) is 0 Å². The fraction of sp³-hybridized carbons (Fsp3) is 0.167. The molecule has 0 fully saturated rings. The second-order valence-corrected chi connectivity index (χ2v) is 5.57. The minimum absolute atomic E-state index is 0.0834. The predicted octanol–water partition coefficient (Wildman–Crippen LogP) is 0.511. The highest BCUT2D eigenvalue weighted by molar-refractivity contribution is 5.97. The normalized spacial score (nSPS) is 11.5. The van der Waals surface area contributed by atoms with Gasteiger partial charge in [0, 0.05) is 5.56 Å². The Bertz CT molecular complexity index is 905. The van der Waals surface area contributed by atoms with Gasteiger partial charge in [0.15, 0.2) is 29.7 Å². The van der Waals surface area contributed by atoms with E-state index >= 15 is 0 Å². The molecular weight excluding hydrogens is 373 g/mol. The van der Waals surface area contributed by atoms with Crippen molar-refractivity contribution in [2.45, 2.75) is 0 Å². The monoisotopic (exact) mass is 389 g/mol. The minimum Gasteiger partial charge on any atom is -0.481 e. The van der Waals surface area contributed by atoms with Gasteiger partial charge in [0.2, 0.25) is 6.79 Å². The molecule has 9 nitrogen and oxygen atoms in total. The van der Waals surface area contributed by atoms with Crippen LogP contribution in [-0.2, 0) is 9.59 Å². The maximum Gasteiger partial charge on any atom is 0.276 e. The smallest absolute Gasteiger partial charge is 0.276 e. The molecule has 146 valence electrons. The molecule has 1 heterocycles. The first-order valence-electron chi connectivity index (χ1n) is 8.16. The highest BCUT2D eigenvalue weighted by Crippen LogP contribution is 2.32. The number of carbonyl (C=O) groups excluding carboxylic acids is 3. The number of para-hydroxylation sites is 1. The molecule has 3 N–H and O–H groups in total. The van der Waals surface area contributed by atoms with Gasteiger partial charge in [-0.3, -0.25) is 25.2 Å². The number of nitrogens with one attached hydrogen (secondary N) is 3. The van der Waals surface area contributed by atoms with E-state index in [1.807, 2.05) is 0 Å². The second kappa shape index (κ2) is 8.71. The zero-order valence-corrected chi connectivity index (χ0v) is 14.5. The molecule has 3 rings (SSSR count). The molecule has 3 amide bonds. The van der Waals surface area contributed by atoms with Crippen LogP contribution in [0.1, 0.15) is 10.4 Å². The summed E-state index contributed by atoms with van der Waals surface area (Å²) in [5, 5.41) is 2.40. The quantitative estimate of drug-likeness (QED) is 0.620. The Balaban J connectivity index is 1.37. The topological polar surface area (TPSA) is 115 Å². The third-order valence-electron chi connectivity index (χ3n) is 3.58. The molecule has 0 radical (unpaired) electrons. The van der Waals surface area contributed by atoms with Crippen LogP contribution in [0.5, 0.6) is 17.2 Å². The number of hydrogen-bond acceptors (Lipinski definition) is 6. The van der Waals surface area contributed by atoms with Crippen LogP contribution in [0, 0.1) is 5.82 Å². The first kappa shape index (κ1) is 19.0. The average Bonchev–Trinajstić information content (AvgIpc) is 3.17. The van der Waals surface area contributed by atoms with Gasteiger partial charge >= 0.3 is 0 Å². The lowest BCUT2D eigenvalue weighted by molar-refractivity contribution is -0.129. The van der Waals surface area contributed by atoms with Crippen molar-refractivity contribution < 1.29 is 33.0 Å². The van der Waals surface area contributed by atoms with Crippen molar-refractivity contribution in [2.24, 2.45) is 0 Å². The van der Waals surface area contributed by atoms with E-state index in [1.54, 1.807) is 12.1 Å². The number of carbonyl (C=O) groups is 3. The van der Waals surface area contributed by atoms with Crippen LogP contribution >= 0.6 is 0 Å². The number of hydrogen-bond donors (Lipinski definition) is 3. The van der Waals surface area contributed by atoms with Crippen LogP contribution < -0.4 is 30.4 Å². The molecule has 1 aliphatic heterocycles. The molecule has 0 aromatic heterocycles. The maximum absolute atomic E-state index is 13.4. The van der Waals surface area contributed by atoms with E-state index in [2.05, 4.69) is 16.2 Å². The maximum atomic E-state index is 13.4. The van der Waals surface area contributed by atoms with Crippen LogP contribution in [-0.4, -0.2) is 37.7 Å². The van der Waals surface area contributed by atoms with Gasteiger partial charge in [0.25, 0.3) is 17.7 Å². The Morgan fingerprint density at radius 2 is 1.75 bits per heavy atom. The number of fused-ring (bicyclic) bond motifs is 1. The number of rotatable bonds is 6. The summed E-state index contributed by atoms with van der Waals surface area (Å²) < 4.78 is 28.7. The van der Waals surface area contributed by atoms with Crippen molar-refractivity contribution in [1.82, 2.24) is 16.2 Å². The van der Waals surface area contributed by atoms with Crippen molar-refractivity contribution in [3.05, 3.63) is 53.8 Å². The Kier molecular flexibility index (Phi) is 5.90. The third kappa shape index (κ3) is 4.87. The first-order chi connectivity index (χ1) is 13.5. The van der Waals surface area contributed by atoms with Crippen LogP contribution in [0.15, 0.2) is 42.5 Å². The molecule has 0 saturated heterocycles. The van der Waals surface area contributed by atoms with Crippen molar-refractivity contribution in [3.63, 3.8) is 0 Å². The van der Waals surface area contributed by atoms with E-state index in [0.29, 0.717) is 17.1 Å². The van der Waals surface area contributed by atoms with E-state index in [4.69, 9.17) is 14.2 Å². The lowest BCUT2D eigenvalue weighted by Gasteiger charge is -2.10. The summed E-state index contributed by atoms with van der Waals surface area (Å²) in [5.74, 6) is -1.56. The summed E-state index contributed by atoms with van der Waals surface area (Å²) in [6.07, 6.45) is 0. The second-order valence-electron chi connectivity index (χ2n) is 5.57. The number of halogens is 1. The van der Waals surface area contributed by atoms with Crippen molar-refractivity contribution in [1.29, 1.82) is 0 Å². The summed E-state index contributed by atoms with van der Waals surface area (Å²) in [7, 11) is 0. The molecular formula is C18H16FN3O6. The number of ether oxygens (including phenoxy) is 3. The Labute approximate surface area is 158 Å².